The minimum absolute atomic E-state index is 0.122. The van der Waals surface area contributed by atoms with Crippen molar-refractivity contribution in [2.75, 3.05) is 6.61 Å². The molecule has 0 heterocycles. The van der Waals surface area contributed by atoms with E-state index in [1.165, 1.54) is 0 Å². The zero-order valence-electron chi connectivity index (χ0n) is 11.4. The van der Waals surface area contributed by atoms with Crippen molar-refractivity contribution < 1.29 is 9.53 Å². The SMILES string of the molecule is CCOC(=O)C(CC)NC(C)C(CC)CC. The van der Waals surface area contributed by atoms with E-state index in [4.69, 9.17) is 4.74 Å². The largest absolute Gasteiger partial charge is 0.465 e. The summed E-state index contributed by atoms with van der Waals surface area (Å²) in [5, 5.41) is 3.38. The second-order valence-corrected chi connectivity index (χ2v) is 4.24. The third-order valence-corrected chi connectivity index (χ3v) is 3.20. The second kappa shape index (κ2) is 8.57. The summed E-state index contributed by atoms with van der Waals surface area (Å²) < 4.78 is 5.04. The Hall–Kier alpha value is -0.570. The van der Waals surface area contributed by atoms with Crippen LogP contribution in [0.4, 0.5) is 0 Å². The van der Waals surface area contributed by atoms with Gasteiger partial charge in [-0.2, -0.15) is 0 Å². The predicted octanol–water partition coefficient (Wildman–Crippen LogP) is 2.74. The zero-order valence-corrected chi connectivity index (χ0v) is 11.4. The lowest BCUT2D eigenvalue weighted by atomic mass is 9.94. The van der Waals surface area contributed by atoms with Gasteiger partial charge in [-0.15, -0.1) is 0 Å². The van der Waals surface area contributed by atoms with Gasteiger partial charge in [0.1, 0.15) is 6.04 Å². The summed E-state index contributed by atoms with van der Waals surface area (Å²) in [6.07, 6.45) is 3.07. The number of ether oxygens (including phenoxy) is 1. The fourth-order valence-electron chi connectivity index (χ4n) is 2.04. The highest BCUT2D eigenvalue weighted by Crippen LogP contribution is 2.13. The van der Waals surface area contributed by atoms with Crippen molar-refractivity contribution in [3.63, 3.8) is 0 Å². The van der Waals surface area contributed by atoms with Gasteiger partial charge in [-0.1, -0.05) is 33.6 Å². The van der Waals surface area contributed by atoms with Crippen LogP contribution >= 0.6 is 0 Å². The van der Waals surface area contributed by atoms with Gasteiger partial charge in [-0.05, 0) is 26.2 Å². The first-order chi connectivity index (χ1) is 7.60. The molecular weight excluding hydrogens is 202 g/mol. The quantitative estimate of drug-likeness (QED) is 0.650. The Morgan fingerprint density at radius 1 is 1.12 bits per heavy atom. The van der Waals surface area contributed by atoms with Gasteiger partial charge >= 0.3 is 5.97 Å². The van der Waals surface area contributed by atoms with Crippen LogP contribution in [0.2, 0.25) is 0 Å². The van der Waals surface area contributed by atoms with Crippen molar-refractivity contribution in [2.45, 2.75) is 66.0 Å². The molecule has 96 valence electrons. The van der Waals surface area contributed by atoms with Gasteiger partial charge in [0.15, 0.2) is 0 Å². The third-order valence-electron chi connectivity index (χ3n) is 3.20. The summed E-state index contributed by atoms with van der Waals surface area (Å²) in [7, 11) is 0. The Balaban J connectivity index is 4.24. The summed E-state index contributed by atoms with van der Waals surface area (Å²) in [4.78, 5) is 11.6. The molecule has 0 fully saturated rings. The highest BCUT2D eigenvalue weighted by Gasteiger charge is 2.22. The maximum atomic E-state index is 11.6. The smallest absolute Gasteiger partial charge is 0.323 e. The van der Waals surface area contributed by atoms with Crippen LogP contribution in [-0.4, -0.2) is 24.7 Å². The molecule has 0 saturated heterocycles. The Morgan fingerprint density at radius 2 is 1.69 bits per heavy atom. The predicted molar refractivity (Wildman–Crippen MR) is 67.4 cm³/mol. The van der Waals surface area contributed by atoms with Crippen LogP contribution in [-0.2, 0) is 9.53 Å². The van der Waals surface area contributed by atoms with Gasteiger partial charge < -0.3 is 10.1 Å². The number of hydrogen-bond acceptors (Lipinski definition) is 3. The van der Waals surface area contributed by atoms with E-state index >= 15 is 0 Å². The molecule has 0 aliphatic carbocycles. The molecule has 16 heavy (non-hydrogen) atoms. The molecule has 0 radical (unpaired) electrons. The summed E-state index contributed by atoms with van der Waals surface area (Å²) in [6.45, 7) is 10.8. The van der Waals surface area contributed by atoms with Crippen molar-refractivity contribution in [1.29, 1.82) is 0 Å². The molecule has 0 aliphatic rings. The summed E-state index contributed by atoms with van der Waals surface area (Å²) >= 11 is 0. The topological polar surface area (TPSA) is 38.3 Å². The Bertz CT molecular complexity index is 190. The van der Waals surface area contributed by atoms with Crippen LogP contribution < -0.4 is 5.32 Å². The molecule has 0 aliphatic heterocycles. The first-order valence-electron chi connectivity index (χ1n) is 6.53. The zero-order chi connectivity index (χ0) is 12.6. The third kappa shape index (κ3) is 4.97. The minimum Gasteiger partial charge on any atom is -0.465 e. The van der Waals surface area contributed by atoms with Gasteiger partial charge in [-0.3, -0.25) is 4.79 Å². The summed E-state index contributed by atoms with van der Waals surface area (Å²) in [5.41, 5.74) is 0. The molecule has 3 heteroatoms. The molecule has 0 rings (SSSR count). The number of rotatable bonds is 8. The maximum Gasteiger partial charge on any atom is 0.323 e. The van der Waals surface area contributed by atoms with Crippen LogP contribution in [0.3, 0.4) is 0 Å². The molecule has 2 unspecified atom stereocenters. The highest BCUT2D eigenvalue weighted by molar-refractivity contribution is 5.75. The molecule has 0 aromatic heterocycles. The van der Waals surface area contributed by atoms with Crippen molar-refractivity contribution in [2.24, 2.45) is 5.92 Å². The first-order valence-corrected chi connectivity index (χ1v) is 6.53. The molecule has 0 spiro atoms. The van der Waals surface area contributed by atoms with Gasteiger partial charge in [0.2, 0.25) is 0 Å². The number of hydrogen-bond donors (Lipinski definition) is 1. The van der Waals surface area contributed by atoms with E-state index in [9.17, 15) is 4.79 Å². The normalized spacial score (nSPS) is 14.9. The van der Waals surface area contributed by atoms with Crippen molar-refractivity contribution in [3.8, 4) is 0 Å². The van der Waals surface area contributed by atoms with Gasteiger partial charge in [0.25, 0.3) is 0 Å². The molecule has 0 amide bonds. The fraction of sp³-hybridized carbons (Fsp3) is 0.923. The lowest BCUT2D eigenvalue weighted by Crippen LogP contribution is -2.45. The van der Waals surface area contributed by atoms with E-state index in [1.54, 1.807) is 0 Å². The molecule has 0 aromatic rings. The molecule has 3 nitrogen and oxygen atoms in total. The van der Waals surface area contributed by atoms with Crippen molar-refractivity contribution >= 4 is 5.97 Å². The van der Waals surface area contributed by atoms with Crippen molar-refractivity contribution in [1.82, 2.24) is 5.32 Å². The fourth-order valence-corrected chi connectivity index (χ4v) is 2.04. The number of carbonyl (C=O) groups is 1. The number of nitrogens with one attached hydrogen (secondary N) is 1. The highest BCUT2D eigenvalue weighted by atomic mass is 16.5. The maximum absolute atomic E-state index is 11.6. The van der Waals surface area contributed by atoms with E-state index in [0.717, 1.165) is 19.3 Å². The van der Waals surface area contributed by atoms with E-state index in [2.05, 4.69) is 26.1 Å². The summed E-state index contributed by atoms with van der Waals surface area (Å²) in [5.74, 6) is 0.506. The first kappa shape index (κ1) is 15.4. The minimum atomic E-state index is -0.157. The van der Waals surface area contributed by atoms with E-state index in [1.807, 2.05) is 13.8 Å². The number of esters is 1. The molecule has 2 atom stereocenters. The van der Waals surface area contributed by atoms with E-state index < -0.39 is 0 Å². The lowest BCUT2D eigenvalue weighted by molar-refractivity contribution is -0.146. The van der Waals surface area contributed by atoms with E-state index in [0.29, 0.717) is 18.6 Å². The molecular formula is C13H27NO2. The Labute approximate surface area is 99.9 Å². The van der Waals surface area contributed by atoms with Crippen LogP contribution in [0.1, 0.15) is 53.9 Å². The Kier molecular flexibility index (Phi) is 8.26. The van der Waals surface area contributed by atoms with Crippen LogP contribution in [0.15, 0.2) is 0 Å². The van der Waals surface area contributed by atoms with Crippen LogP contribution in [0, 0.1) is 5.92 Å². The average molecular weight is 229 g/mol. The molecule has 0 aromatic carbocycles. The molecule has 1 N–H and O–H groups in total. The van der Waals surface area contributed by atoms with Gasteiger partial charge in [-0.25, -0.2) is 0 Å². The van der Waals surface area contributed by atoms with Crippen molar-refractivity contribution in [3.05, 3.63) is 0 Å². The van der Waals surface area contributed by atoms with Crippen LogP contribution in [0.25, 0.3) is 0 Å². The average Bonchev–Trinajstić information content (AvgIpc) is 2.27. The second-order valence-electron chi connectivity index (χ2n) is 4.24. The van der Waals surface area contributed by atoms with Crippen LogP contribution in [0.5, 0.6) is 0 Å². The lowest BCUT2D eigenvalue weighted by Gasteiger charge is -2.26. The summed E-state index contributed by atoms with van der Waals surface area (Å²) in [6, 6.07) is 0.208. The van der Waals surface area contributed by atoms with Gasteiger partial charge in [0, 0.05) is 6.04 Å². The molecule has 0 saturated carbocycles. The monoisotopic (exact) mass is 229 g/mol. The van der Waals surface area contributed by atoms with Gasteiger partial charge in [0.05, 0.1) is 6.61 Å². The molecule has 0 bridgehead atoms. The Morgan fingerprint density at radius 3 is 2.06 bits per heavy atom. The number of carbonyl (C=O) groups excluding carboxylic acids is 1. The standard InChI is InChI=1S/C13H27NO2/c1-6-11(7-2)10(5)14-12(8-3)13(15)16-9-4/h10-12,14H,6-9H2,1-5H3. The van der Waals surface area contributed by atoms with E-state index in [-0.39, 0.29) is 12.0 Å².